The fraction of sp³-hybridized carbons (Fsp3) is 0.273. The van der Waals surface area contributed by atoms with Crippen LogP contribution in [-0.4, -0.2) is 52.1 Å². The summed E-state index contributed by atoms with van der Waals surface area (Å²) in [5.74, 6) is 1.39. The van der Waals surface area contributed by atoms with E-state index in [1.807, 2.05) is 25.2 Å². The summed E-state index contributed by atoms with van der Waals surface area (Å²) in [6, 6.07) is 12.6. The third-order valence-electron chi connectivity index (χ3n) is 4.74. The molecule has 0 bridgehead atoms. The molecule has 4 rings (SSSR count). The zero-order valence-corrected chi connectivity index (χ0v) is 18.4. The quantitative estimate of drug-likeness (QED) is 0.504. The molecule has 166 valence electrons. The number of nitrogens with one attached hydrogen (secondary N) is 2. The van der Waals surface area contributed by atoms with Crippen LogP contribution in [0.5, 0.6) is 11.5 Å². The number of amides is 2. The van der Waals surface area contributed by atoms with Crippen molar-refractivity contribution in [3.63, 3.8) is 0 Å². The van der Waals surface area contributed by atoms with Gasteiger partial charge in [0.05, 0.1) is 5.75 Å². The molecule has 0 saturated heterocycles. The van der Waals surface area contributed by atoms with E-state index in [0.29, 0.717) is 42.6 Å². The van der Waals surface area contributed by atoms with Crippen molar-refractivity contribution < 1.29 is 19.1 Å². The first-order chi connectivity index (χ1) is 15.6. The number of carbonyl (C=O) groups excluding carboxylic acids is 2. The van der Waals surface area contributed by atoms with Crippen molar-refractivity contribution >= 4 is 29.3 Å². The molecule has 0 spiro atoms. The molecule has 2 N–H and O–H groups in total. The minimum absolute atomic E-state index is 0.158. The lowest BCUT2D eigenvalue weighted by Gasteiger charge is -2.18. The summed E-state index contributed by atoms with van der Waals surface area (Å²) in [5.41, 5.74) is 2.21. The predicted octanol–water partition coefficient (Wildman–Crippen LogP) is 2.29. The Hall–Kier alpha value is -3.53. The van der Waals surface area contributed by atoms with Crippen LogP contribution >= 0.6 is 11.8 Å². The fourth-order valence-corrected chi connectivity index (χ4v) is 3.79. The average Bonchev–Trinajstić information content (AvgIpc) is 3.22. The molecule has 1 aliphatic heterocycles. The molecule has 0 radical (unpaired) electrons. The number of thioether (sulfide) groups is 1. The number of benzene rings is 2. The van der Waals surface area contributed by atoms with Gasteiger partial charge < -0.3 is 24.7 Å². The van der Waals surface area contributed by atoms with E-state index in [1.165, 1.54) is 11.8 Å². The molecule has 0 aliphatic carbocycles. The van der Waals surface area contributed by atoms with Gasteiger partial charge in [0.25, 0.3) is 5.91 Å². The number of ether oxygens (including phenoxy) is 2. The SMILES string of the molecule is Cn1cnnc1SCC(=O)Nc1ccc(C(=O)NCCc2ccc3c(c2)OCCO3)cc1. The topological polar surface area (TPSA) is 107 Å². The van der Waals surface area contributed by atoms with E-state index in [1.54, 1.807) is 35.2 Å². The Kier molecular flexibility index (Phi) is 6.90. The van der Waals surface area contributed by atoms with Gasteiger partial charge in [-0.1, -0.05) is 17.8 Å². The van der Waals surface area contributed by atoms with Crippen LogP contribution in [0.1, 0.15) is 15.9 Å². The van der Waals surface area contributed by atoms with Crippen molar-refractivity contribution in [2.75, 3.05) is 30.8 Å². The maximum atomic E-state index is 12.4. The molecule has 2 amide bonds. The monoisotopic (exact) mass is 453 g/mol. The molecule has 2 aromatic carbocycles. The molecule has 1 aromatic heterocycles. The molecule has 10 heteroatoms. The van der Waals surface area contributed by atoms with Gasteiger partial charge in [-0.25, -0.2) is 0 Å². The lowest BCUT2D eigenvalue weighted by atomic mass is 10.1. The minimum Gasteiger partial charge on any atom is -0.486 e. The normalized spacial score (nSPS) is 12.3. The number of aromatic nitrogens is 3. The molecule has 0 atom stereocenters. The Morgan fingerprint density at radius 2 is 1.88 bits per heavy atom. The highest BCUT2D eigenvalue weighted by Gasteiger charge is 2.12. The molecule has 3 aromatic rings. The van der Waals surface area contributed by atoms with E-state index in [9.17, 15) is 9.59 Å². The van der Waals surface area contributed by atoms with Crippen LogP contribution in [0.25, 0.3) is 0 Å². The first-order valence-electron chi connectivity index (χ1n) is 10.1. The summed E-state index contributed by atoms with van der Waals surface area (Å²) in [6.45, 7) is 1.60. The van der Waals surface area contributed by atoms with Gasteiger partial charge in [-0.15, -0.1) is 10.2 Å². The molecule has 9 nitrogen and oxygen atoms in total. The van der Waals surface area contributed by atoms with Crippen molar-refractivity contribution in [2.24, 2.45) is 7.05 Å². The van der Waals surface area contributed by atoms with Gasteiger partial charge in [0.2, 0.25) is 5.91 Å². The number of hydrogen-bond donors (Lipinski definition) is 2. The highest BCUT2D eigenvalue weighted by atomic mass is 32.2. The van der Waals surface area contributed by atoms with Crippen LogP contribution in [0.15, 0.2) is 53.9 Å². The average molecular weight is 454 g/mol. The molecule has 2 heterocycles. The van der Waals surface area contributed by atoms with E-state index in [-0.39, 0.29) is 17.6 Å². The van der Waals surface area contributed by atoms with Gasteiger partial charge >= 0.3 is 0 Å². The van der Waals surface area contributed by atoms with E-state index in [2.05, 4.69) is 20.8 Å². The standard InChI is InChI=1S/C22H23N5O4S/c1-27-14-24-26-22(27)32-13-20(28)25-17-5-3-16(4-6-17)21(29)23-9-8-15-2-7-18-19(12-15)31-11-10-30-18/h2-7,12,14H,8-11,13H2,1H3,(H,23,29)(H,25,28). The lowest BCUT2D eigenvalue weighted by molar-refractivity contribution is -0.113. The number of aryl methyl sites for hydroxylation is 1. The van der Waals surface area contributed by atoms with Gasteiger partial charge in [0, 0.05) is 24.8 Å². The molecule has 0 saturated carbocycles. The summed E-state index contributed by atoms with van der Waals surface area (Å²) in [5, 5.41) is 14.1. The van der Waals surface area contributed by atoms with E-state index in [4.69, 9.17) is 9.47 Å². The second-order valence-electron chi connectivity index (χ2n) is 7.12. The largest absolute Gasteiger partial charge is 0.486 e. The van der Waals surface area contributed by atoms with Crippen molar-refractivity contribution in [2.45, 2.75) is 11.6 Å². The maximum absolute atomic E-state index is 12.4. The third kappa shape index (κ3) is 5.58. The van der Waals surface area contributed by atoms with Gasteiger partial charge in [-0.2, -0.15) is 0 Å². The lowest BCUT2D eigenvalue weighted by Crippen LogP contribution is -2.25. The van der Waals surface area contributed by atoms with Crippen LogP contribution < -0.4 is 20.1 Å². The Balaban J connectivity index is 1.22. The van der Waals surface area contributed by atoms with Crippen molar-refractivity contribution in [1.29, 1.82) is 0 Å². The first-order valence-corrected chi connectivity index (χ1v) is 11.1. The summed E-state index contributed by atoms with van der Waals surface area (Å²) >= 11 is 1.30. The molecule has 0 unspecified atom stereocenters. The van der Waals surface area contributed by atoms with Gasteiger partial charge in [0.15, 0.2) is 16.7 Å². The summed E-state index contributed by atoms with van der Waals surface area (Å²) in [6.07, 6.45) is 2.26. The molecule has 1 aliphatic rings. The van der Waals surface area contributed by atoms with E-state index >= 15 is 0 Å². The number of hydrogen-bond acceptors (Lipinski definition) is 7. The second-order valence-corrected chi connectivity index (χ2v) is 8.07. The number of nitrogens with zero attached hydrogens (tertiary/aromatic N) is 3. The molecule has 0 fully saturated rings. The number of fused-ring (bicyclic) bond motifs is 1. The number of anilines is 1. The highest BCUT2D eigenvalue weighted by molar-refractivity contribution is 7.99. The molecule has 32 heavy (non-hydrogen) atoms. The maximum Gasteiger partial charge on any atom is 0.251 e. The summed E-state index contributed by atoms with van der Waals surface area (Å²) in [4.78, 5) is 24.5. The minimum atomic E-state index is -0.168. The Bertz CT molecular complexity index is 1100. The van der Waals surface area contributed by atoms with E-state index < -0.39 is 0 Å². The Labute approximate surface area is 189 Å². The third-order valence-corrected chi connectivity index (χ3v) is 5.77. The van der Waals surface area contributed by atoms with Crippen molar-refractivity contribution in [1.82, 2.24) is 20.1 Å². The second kappa shape index (κ2) is 10.2. The first kappa shape index (κ1) is 21.7. The molecular weight excluding hydrogens is 430 g/mol. The number of carbonyl (C=O) groups is 2. The van der Waals surface area contributed by atoms with Crippen LogP contribution in [-0.2, 0) is 18.3 Å². The summed E-state index contributed by atoms with van der Waals surface area (Å²) < 4.78 is 12.9. The van der Waals surface area contributed by atoms with Gasteiger partial charge in [-0.05, 0) is 48.4 Å². The van der Waals surface area contributed by atoms with E-state index in [0.717, 1.165) is 17.1 Å². The summed E-state index contributed by atoms with van der Waals surface area (Å²) in [7, 11) is 1.82. The highest BCUT2D eigenvalue weighted by Crippen LogP contribution is 2.30. The zero-order valence-electron chi connectivity index (χ0n) is 17.5. The predicted molar refractivity (Wildman–Crippen MR) is 120 cm³/mol. The van der Waals surface area contributed by atoms with Crippen molar-refractivity contribution in [3.8, 4) is 11.5 Å². The van der Waals surface area contributed by atoms with Crippen molar-refractivity contribution in [3.05, 3.63) is 59.9 Å². The fourth-order valence-electron chi connectivity index (χ4n) is 3.10. The van der Waals surface area contributed by atoms with Crippen LogP contribution in [0.2, 0.25) is 0 Å². The van der Waals surface area contributed by atoms with Crippen LogP contribution in [0.3, 0.4) is 0 Å². The Morgan fingerprint density at radius 1 is 1.09 bits per heavy atom. The smallest absolute Gasteiger partial charge is 0.251 e. The molecular formula is C22H23N5O4S. The van der Waals surface area contributed by atoms with Crippen LogP contribution in [0, 0.1) is 0 Å². The van der Waals surface area contributed by atoms with Gasteiger partial charge in [-0.3, -0.25) is 9.59 Å². The number of rotatable bonds is 8. The van der Waals surface area contributed by atoms with Gasteiger partial charge in [0.1, 0.15) is 19.5 Å². The Morgan fingerprint density at radius 3 is 2.62 bits per heavy atom. The van der Waals surface area contributed by atoms with Crippen LogP contribution in [0.4, 0.5) is 5.69 Å². The zero-order chi connectivity index (χ0) is 22.3.